The maximum absolute atomic E-state index is 11.9. The average Bonchev–Trinajstić information content (AvgIpc) is 2.33. The van der Waals surface area contributed by atoms with Crippen LogP contribution in [-0.4, -0.2) is 44.9 Å². The zero-order valence-corrected chi connectivity index (χ0v) is 14.8. The van der Waals surface area contributed by atoms with Crippen LogP contribution >= 0.6 is 0 Å². The van der Waals surface area contributed by atoms with Crippen LogP contribution in [0, 0.1) is 5.92 Å². The van der Waals surface area contributed by atoms with Crippen LogP contribution in [0.1, 0.15) is 54.4 Å². The third-order valence-corrected chi connectivity index (χ3v) is 4.44. The van der Waals surface area contributed by atoms with E-state index in [2.05, 4.69) is 4.40 Å². The third-order valence-electron chi connectivity index (χ3n) is 3.08. The van der Waals surface area contributed by atoms with Crippen molar-refractivity contribution in [1.29, 1.82) is 0 Å². The van der Waals surface area contributed by atoms with E-state index in [0.717, 1.165) is 12.8 Å². The Hall–Kier alpha value is -0.910. The highest BCUT2D eigenvalue weighted by atomic mass is 32.2. The van der Waals surface area contributed by atoms with E-state index in [1.54, 1.807) is 11.1 Å². The average molecular weight is 316 g/mol. The highest BCUT2D eigenvalue weighted by Crippen LogP contribution is 2.19. The first kappa shape index (κ1) is 18.1. The summed E-state index contributed by atoms with van der Waals surface area (Å²) in [6.45, 7) is 12.6. The second-order valence-corrected chi connectivity index (χ2v) is 9.35. The summed E-state index contributed by atoms with van der Waals surface area (Å²) in [7, 11) is -1.21. The molecule has 0 unspecified atom stereocenters. The second-order valence-electron chi connectivity index (χ2n) is 7.42. The molecule has 0 N–H and O–H groups in total. The zero-order valence-electron chi connectivity index (χ0n) is 14.0. The third kappa shape index (κ3) is 6.59. The van der Waals surface area contributed by atoms with E-state index in [-0.39, 0.29) is 16.8 Å². The van der Waals surface area contributed by atoms with Gasteiger partial charge in [0.1, 0.15) is 16.6 Å². The molecule has 0 saturated carbocycles. The molecule has 1 heterocycles. The minimum Gasteiger partial charge on any atom is -0.444 e. The van der Waals surface area contributed by atoms with Crippen LogP contribution in [0.25, 0.3) is 0 Å². The van der Waals surface area contributed by atoms with Crippen LogP contribution in [0.3, 0.4) is 0 Å². The number of rotatable bonds is 2. The van der Waals surface area contributed by atoms with E-state index in [9.17, 15) is 9.00 Å². The lowest BCUT2D eigenvalue weighted by atomic mass is 9.99. The molecule has 1 amide bonds. The SMILES string of the molecule is CC(C)(C)OC(=O)N1CCC(/C=N/[S@](=O)C(C)(C)C)CC1. The van der Waals surface area contributed by atoms with Gasteiger partial charge in [-0.25, -0.2) is 9.00 Å². The molecule has 1 aliphatic heterocycles. The van der Waals surface area contributed by atoms with Crippen LogP contribution < -0.4 is 0 Å². The summed E-state index contributed by atoms with van der Waals surface area (Å²) in [5.41, 5.74) is -0.459. The molecule has 5 nitrogen and oxygen atoms in total. The van der Waals surface area contributed by atoms with E-state index < -0.39 is 16.6 Å². The summed E-state index contributed by atoms with van der Waals surface area (Å²) in [6.07, 6.45) is 3.22. The van der Waals surface area contributed by atoms with Gasteiger partial charge in [-0.3, -0.25) is 0 Å². The normalized spacial score (nSPS) is 19.8. The number of piperidine rings is 1. The number of carbonyl (C=O) groups excluding carboxylic acids is 1. The molecule has 0 radical (unpaired) electrons. The summed E-state index contributed by atoms with van der Waals surface area (Å²) in [5, 5.41) is 0. The Morgan fingerprint density at radius 1 is 1.19 bits per heavy atom. The molecule has 0 bridgehead atoms. The smallest absolute Gasteiger partial charge is 0.410 e. The number of hydrogen-bond acceptors (Lipinski definition) is 3. The first-order chi connectivity index (χ1) is 9.49. The van der Waals surface area contributed by atoms with E-state index >= 15 is 0 Å². The van der Waals surface area contributed by atoms with Crippen LogP contribution in [0.4, 0.5) is 4.79 Å². The van der Waals surface area contributed by atoms with Crippen LogP contribution in [0.5, 0.6) is 0 Å². The molecule has 1 fully saturated rings. The predicted molar refractivity (Wildman–Crippen MR) is 86.9 cm³/mol. The van der Waals surface area contributed by atoms with Crippen LogP contribution in [0.2, 0.25) is 0 Å². The Labute approximate surface area is 130 Å². The number of nitrogens with zero attached hydrogens (tertiary/aromatic N) is 2. The lowest BCUT2D eigenvalue weighted by Gasteiger charge is -2.32. The van der Waals surface area contributed by atoms with Crippen molar-refractivity contribution in [2.45, 2.75) is 64.7 Å². The van der Waals surface area contributed by atoms with E-state index in [1.165, 1.54) is 0 Å². The molecule has 6 heteroatoms. The molecule has 122 valence electrons. The molecule has 0 aromatic rings. The van der Waals surface area contributed by atoms with Gasteiger partial charge in [-0.15, -0.1) is 0 Å². The van der Waals surface area contributed by atoms with Gasteiger partial charge in [0.25, 0.3) is 0 Å². The largest absolute Gasteiger partial charge is 0.444 e. The van der Waals surface area contributed by atoms with E-state index in [1.807, 2.05) is 41.5 Å². The number of hydrogen-bond donors (Lipinski definition) is 0. The fraction of sp³-hybridized carbons (Fsp3) is 0.867. The van der Waals surface area contributed by atoms with Crippen molar-refractivity contribution < 1.29 is 13.7 Å². The maximum Gasteiger partial charge on any atom is 0.410 e. The van der Waals surface area contributed by atoms with Crippen molar-refractivity contribution in [1.82, 2.24) is 4.90 Å². The quantitative estimate of drug-likeness (QED) is 0.735. The highest BCUT2D eigenvalue weighted by molar-refractivity contribution is 7.85. The molecule has 0 aliphatic carbocycles. The Bertz CT molecular complexity index is 414. The van der Waals surface area contributed by atoms with Gasteiger partial charge in [0, 0.05) is 19.3 Å². The molecule has 1 atom stereocenters. The number of carbonyl (C=O) groups is 1. The van der Waals surface area contributed by atoms with Crippen molar-refractivity contribution in [3.8, 4) is 0 Å². The van der Waals surface area contributed by atoms with Gasteiger partial charge in [-0.05, 0) is 60.3 Å². The first-order valence-corrected chi connectivity index (χ1v) is 8.54. The zero-order chi connectivity index (χ0) is 16.3. The maximum atomic E-state index is 11.9. The minimum absolute atomic E-state index is 0.254. The molecule has 1 aliphatic rings. The van der Waals surface area contributed by atoms with E-state index in [4.69, 9.17) is 4.74 Å². The van der Waals surface area contributed by atoms with Gasteiger partial charge >= 0.3 is 6.09 Å². The van der Waals surface area contributed by atoms with Crippen LogP contribution in [-0.2, 0) is 15.7 Å². The topological polar surface area (TPSA) is 59.0 Å². The minimum atomic E-state index is -1.21. The summed E-state index contributed by atoms with van der Waals surface area (Å²) in [6, 6.07) is 0. The molecule has 0 spiro atoms. The Morgan fingerprint density at radius 2 is 1.71 bits per heavy atom. The Morgan fingerprint density at radius 3 is 2.14 bits per heavy atom. The standard InChI is InChI=1S/C15H28N2O3S/c1-14(2,3)20-13(18)17-9-7-12(8-10-17)11-16-21(19)15(4,5)6/h11-12H,7-10H2,1-6H3/b16-11+/t21-/m1/s1. The molecular formula is C15H28N2O3S. The second kappa shape index (κ2) is 6.90. The lowest BCUT2D eigenvalue weighted by molar-refractivity contribution is 0.0203. The summed E-state index contributed by atoms with van der Waals surface area (Å²) >= 11 is 0. The molecule has 21 heavy (non-hydrogen) atoms. The van der Waals surface area contributed by atoms with Gasteiger partial charge in [-0.1, -0.05) is 0 Å². The number of amides is 1. The summed E-state index contributed by atoms with van der Waals surface area (Å²) < 4.78 is 21.1. The lowest BCUT2D eigenvalue weighted by Crippen LogP contribution is -2.42. The number of likely N-dealkylation sites (tertiary alicyclic amines) is 1. The Kier molecular flexibility index (Phi) is 5.96. The van der Waals surface area contributed by atoms with Crippen molar-refractivity contribution in [3.05, 3.63) is 0 Å². The van der Waals surface area contributed by atoms with Crippen molar-refractivity contribution in [2.24, 2.45) is 10.3 Å². The van der Waals surface area contributed by atoms with E-state index in [0.29, 0.717) is 13.1 Å². The van der Waals surface area contributed by atoms with Gasteiger partial charge in [0.15, 0.2) is 0 Å². The van der Waals surface area contributed by atoms with Gasteiger partial charge in [0.2, 0.25) is 0 Å². The fourth-order valence-corrected chi connectivity index (χ4v) is 2.46. The first-order valence-electron chi connectivity index (χ1n) is 7.43. The van der Waals surface area contributed by atoms with Crippen LogP contribution in [0.15, 0.2) is 4.40 Å². The predicted octanol–water partition coefficient (Wildman–Crippen LogP) is 3.17. The molecule has 1 saturated heterocycles. The fourth-order valence-electron chi connectivity index (χ4n) is 1.86. The van der Waals surface area contributed by atoms with Crippen molar-refractivity contribution >= 4 is 23.3 Å². The summed E-state index contributed by atoms with van der Waals surface area (Å²) in [4.78, 5) is 13.7. The summed E-state index contributed by atoms with van der Waals surface area (Å²) in [5.74, 6) is 0.287. The van der Waals surface area contributed by atoms with Gasteiger partial charge in [0.05, 0.1) is 4.75 Å². The number of ether oxygens (including phenoxy) is 1. The monoisotopic (exact) mass is 316 g/mol. The molecule has 0 aromatic heterocycles. The van der Waals surface area contributed by atoms with Crippen molar-refractivity contribution in [2.75, 3.05) is 13.1 Å². The molecular weight excluding hydrogens is 288 g/mol. The molecule has 0 aromatic carbocycles. The van der Waals surface area contributed by atoms with Gasteiger partial charge < -0.3 is 9.64 Å². The van der Waals surface area contributed by atoms with Crippen molar-refractivity contribution in [3.63, 3.8) is 0 Å². The molecule has 1 rings (SSSR count). The highest BCUT2D eigenvalue weighted by Gasteiger charge is 2.26. The van der Waals surface area contributed by atoms with Gasteiger partial charge in [-0.2, -0.15) is 4.40 Å². The Balaban J connectivity index is 2.44.